The molecule has 3 aromatic carbocycles. The molecule has 0 aliphatic carbocycles. The zero-order chi connectivity index (χ0) is 22.8. The van der Waals surface area contributed by atoms with E-state index in [1.54, 1.807) is 24.3 Å². The van der Waals surface area contributed by atoms with Gasteiger partial charge in [0.05, 0.1) is 17.6 Å². The fourth-order valence-corrected chi connectivity index (χ4v) is 3.37. The standard InChI is InChI=1S/C24H18F2N2O4/c25-16-9-15(10-17(26)11-16)23(32)21(24-27-18-6-1-2-7-19(18)28-24)22(31)14-5-3-4-13(8-14)20(30)12-29/h1-11,20,29-30,32H,12H2,(H,27,28). The minimum atomic E-state index is -1.20. The summed E-state index contributed by atoms with van der Waals surface area (Å²) in [5, 5.41) is 30.1. The topological polar surface area (TPSA) is 106 Å². The van der Waals surface area contributed by atoms with Crippen LogP contribution in [-0.2, 0) is 0 Å². The van der Waals surface area contributed by atoms with Gasteiger partial charge in [-0.3, -0.25) is 4.79 Å². The maximum atomic E-state index is 13.8. The quantitative estimate of drug-likeness (QED) is 0.206. The number of aromatic amines is 1. The number of fused-ring (bicyclic) bond motifs is 1. The maximum Gasteiger partial charge on any atom is 0.200 e. The average Bonchev–Trinajstić information content (AvgIpc) is 3.21. The molecule has 4 aromatic rings. The fourth-order valence-electron chi connectivity index (χ4n) is 3.37. The van der Waals surface area contributed by atoms with Crippen molar-refractivity contribution in [3.05, 3.63) is 101 Å². The number of ketones is 1. The lowest BCUT2D eigenvalue weighted by Crippen LogP contribution is -2.10. The Bertz CT molecular complexity index is 1290. The first-order valence-corrected chi connectivity index (χ1v) is 9.66. The van der Waals surface area contributed by atoms with E-state index < -0.39 is 35.9 Å². The first-order chi connectivity index (χ1) is 15.4. The number of allylic oxidation sites excluding steroid dienone is 1. The van der Waals surface area contributed by atoms with Gasteiger partial charge in [0.15, 0.2) is 0 Å². The number of rotatable bonds is 6. The molecule has 1 atom stereocenters. The van der Waals surface area contributed by atoms with Crippen LogP contribution in [0.3, 0.4) is 0 Å². The molecule has 0 fully saturated rings. The molecule has 0 aliphatic heterocycles. The predicted molar refractivity (Wildman–Crippen MR) is 115 cm³/mol. The molecule has 1 unspecified atom stereocenters. The number of benzene rings is 3. The minimum Gasteiger partial charge on any atom is -0.506 e. The number of aliphatic hydroxyl groups is 3. The number of carbonyl (C=O) groups is 1. The van der Waals surface area contributed by atoms with Gasteiger partial charge < -0.3 is 20.3 Å². The van der Waals surface area contributed by atoms with Crippen LogP contribution < -0.4 is 0 Å². The van der Waals surface area contributed by atoms with Gasteiger partial charge in [-0.05, 0) is 35.9 Å². The molecule has 4 rings (SSSR count). The van der Waals surface area contributed by atoms with E-state index in [9.17, 15) is 28.9 Å². The van der Waals surface area contributed by atoms with Crippen molar-refractivity contribution in [2.45, 2.75) is 6.10 Å². The molecule has 4 N–H and O–H groups in total. The summed E-state index contributed by atoms with van der Waals surface area (Å²) in [7, 11) is 0. The van der Waals surface area contributed by atoms with Crippen molar-refractivity contribution in [3.63, 3.8) is 0 Å². The third kappa shape index (κ3) is 4.14. The van der Waals surface area contributed by atoms with Crippen LogP contribution in [-0.4, -0.2) is 37.7 Å². The lowest BCUT2D eigenvalue weighted by molar-refractivity contribution is 0.0953. The van der Waals surface area contributed by atoms with Crippen molar-refractivity contribution in [2.75, 3.05) is 6.61 Å². The molecule has 8 heteroatoms. The van der Waals surface area contributed by atoms with Gasteiger partial charge in [0, 0.05) is 17.2 Å². The van der Waals surface area contributed by atoms with Crippen LogP contribution in [0.1, 0.15) is 33.4 Å². The molecule has 6 nitrogen and oxygen atoms in total. The summed E-state index contributed by atoms with van der Waals surface area (Å²) < 4.78 is 27.6. The van der Waals surface area contributed by atoms with E-state index in [1.165, 1.54) is 24.3 Å². The van der Waals surface area contributed by atoms with Crippen molar-refractivity contribution >= 4 is 28.1 Å². The Balaban J connectivity index is 1.92. The molecule has 0 aliphatic rings. The molecule has 1 aromatic heterocycles. The number of hydrogen-bond acceptors (Lipinski definition) is 5. The predicted octanol–water partition coefficient (Wildman–Crippen LogP) is 4.18. The van der Waals surface area contributed by atoms with Crippen LogP contribution in [0.4, 0.5) is 8.78 Å². The number of aliphatic hydroxyl groups excluding tert-OH is 3. The first-order valence-electron chi connectivity index (χ1n) is 9.66. The molecular formula is C24H18F2N2O4. The zero-order valence-electron chi connectivity index (χ0n) is 16.6. The Morgan fingerprint density at radius 3 is 2.38 bits per heavy atom. The van der Waals surface area contributed by atoms with E-state index in [-0.39, 0.29) is 22.5 Å². The van der Waals surface area contributed by atoms with Crippen LogP contribution in [0.2, 0.25) is 0 Å². The third-order valence-corrected chi connectivity index (χ3v) is 4.93. The van der Waals surface area contributed by atoms with Crippen LogP contribution in [0, 0.1) is 11.6 Å². The van der Waals surface area contributed by atoms with Gasteiger partial charge >= 0.3 is 0 Å². The summed E-state index contributed by atoms with van der Waals surface area (Å²) in [5.41, 5.74) is 0.943. The van der Waals surface area contributed by atoms with Crippen LogP contribution in [0.5, 0.6) is 0 Å². The van der Waals surface area contributed by atoms with Crippen molar-refractivity contribution in [1.29, 1.82) is 0 Å². The molecule has 1 heterocycles. The SMILES string of the molecule is O=C(C(=C(O)c1cc(F)cc(F)c1)c1nc2ccccc2[nH]1)c1cccc(C(O)CO)c1. The van der Waals surface area contributed by atoms with E-state index in [2.05, 4.69) is 9.97 Å². The van der Waals surface area contributed by atoms with Crippen molar-refractivity contribution in [1.82, 2.24) is 9.97 Å². The van der Waals surface area contributed by atoms with Gasteiger partial charge in [0.1, 0.15) is 34.9 Å². The number of H-pyrrole nitrogens is 1. The summed E-state index contributed by atoms with van der Waals surface area (Å²) in [6, 6.07) is 15.3. The number of para-hydroxylation sites is 2. The third-order valence-electron chi connectivity index (χ3n) is 4.93. The smallest absolute Gasteiger partial charge is 0.200 e. The molecule has 162 valence electrons. The Morgan fingerprint density at radius 1 is 0.969 bits per heavy atom. The highest BCUT2D eigenvalue weighted by Gasteiger charge is 2.25. The number of imidazole rings is 1. The second-order valence-electron chi connectivity index (χ2n) is 7.14. The highest BCUT2D eigenvalue weighted by Crippen LogP contribution is 2.29. The zero-order valence-corrected chi connectivity index (χ0v) is 16.6. The van der Waals surface area contributed by atoms with Gasteiger partial charge in [-0.25, -0.2) is 13.8 Å². The normalized spacial score (nSPS) is 13.1. The summed E-state index contributed by atoms with van der Waals surface area (Å²) in [6.45, 7) is -0.544. The maximum absolute atomic E-state index is 13.8. The van der Waals surface area contributed by atoms with Gasteiger partial charge in [-0.15, -0.1) is 0 Å². The average molecular weight is 436 g/mol. The largest absolute Gasteiger partial charge is 0.506 e. The highest BCUT2D eigenvalue weighted by atomic mass is 19.1. The number of Topliss-reactive ketones (excluding diaryl/α,β-unsaturated/α-hetero) is 1. The number of hydrogen-bond donors (Lipinski definition) is 4. The molecule has 0 radical (unpaired) electrons. The summed E-state index contributed by atoms with van der Waals surface area (Å²) >= 11 is 0. The molecule has 0 saturated heterocycles. The number of aromatic nitrogens is 2. The summed E-state index contributed by atoms with van der Waals surface area (Å²) in [5.74, 6) is -3.20. The Morgan fingerprint density at radius 2 is 1.69 bits per heavy atom. The number of nitrogens with one attached hydrogen (secondary N) is 1. The molecule has 0 amide bonds. The van der Waals surface area contributed by atoms with Gasteiger partial charge in [-0.1, -0.05) is 30.3 Å². The van der Waals surface area contributed by atoms with E-state index in [0.717, 1.165) is 12.1 Å². The first kappa shape index (κ1) is 21.4. The molecule has 0 spiro atoms. The van der Waals surface area contributed by atoms with Crippen LogP contribution in [0.25, 0.3) is 22.4 Å². The molecule has 0 saturated carbocycles. The monoisotopic (exact) mass is 436 g/mol. The fraction of sp³-hybridized carbons (Fsp3) is 0.0833. The number of halogens is 2. The second-order valence-corrected chi connectivity index (χ2v) is 7.14. The molecular weight excluding hydrogens is 418 g/mol. The Kier molecular flexibility index (Phi) is 5.81. The van der Waals surface area contributed by atoms with Crippen LogP contribution in [0.15, 0.2) is 66.7 Å². The van der Waals surface area contributed by atoms with E-state index in [0.29, 0.717) is 22.7 Å². The Hall–Kier alpha value is -3.88. The number of carbonyl (C=O) groups excluding carboxylic acids is 1. The van der Waals surface area contributed by atoms with Crippen molar-refractivity contribution in [3.8, 4) is 0 Å². The second kappa shape index (κ2) is 8.70. The van der Waals surface area contributed by atoms with Crippen LogP contribution >= 0.6 is 0 Å². The summed E-state index contributed by atoms with van der Waals surface area (Å²) in [6.07, 6.45) is -1.20. The van der Waals surface area contributed by atoms with E-state index >= 15 is 0 Å². The van der Waals surface area contributed by atoms with E-state index in [4.69, 9.17) is 0 Å². The number of nitrogens with zero attached hydrogens (tertiary/aromatic N) is 1. The minimum absolute atomic E-state index is 0.00600. The van der Waals surface area contributed by atoms with Gasteiger partial charge in [0.25, 0.3) is 0 Å². The summed E-state index contributed by atoms with van der Waals surface area (Å²) in [4.78, 5) is 20.8. The van der Waals surface area contributed by atoms with Gasteiger partial charge in [0.2, 0.25) is 5.78 Å². The van der Waals surface area contributed by atoms with E-state index in [1.807, 2.05) is 0 Å². The van der Waals surface area contributed by atoms with Gasteiger partial charge in [-0.2, -0.15) is 0 Å². The lowest BCUT2D eigenvalue weighted by atomic mass is 9.96. The Labute approximate surface area is 181 Å². The molecule has 32 heavy (non-hydrogen) atoms. The lowest BCUT2D eigenvalue weighted by Gasteiger charge is -2.12. The molecule has 0 bridgehead atoms. The van der Waals surface area contributed by atoms with Crippen molar-refractivity contribution in [2.24, 2.45) is 0 Å². The highest BCUT2D eigenvalue weighted by molar-refractivity contribution is 6.33. The van der Waals surface area contributed by atoms with Crippen molar-refractivity contribution < 1.29 is 28.9 Å².